The maximum atomic E-state index is 11.6. The number of nitrogens with one attached hydrogen (secondary N) is 1. The lowest BCUT2D eigenvalue weighted by atomic mass is 10.2. The third kappa shape index (κ3) is 4.89. The lowest BCUT2D eigenvalue weighted by Crippen LogP contribution is -2.42. The van der Waals surface area contributed by atoms with Crippen LogP contribution in [0.25, 0.3) is 0 Å². The van der Waals surface area contributed by atoms with Crippen molar-refractivity contribution in [2.75, 3.05) is 26.7 Å². The van der Waals surface area contributed by atoms with Gasteiger partial charge in [-0.25, -0.2) is 9.59 Å². The zero-order valence-corrected chi connectivity index (χ0v) is 10.5. The first-order valence-electron chi connectivity index (χ1n) is 6.02. The van der Waals surface area contributed by atoms with E-state index in [0.717, 1.165) is 19.4 Å². The number of nitrogens with zero attached hydrogens (tertiary/aromatic N) is 1. The van der Waals surface area contributed by atoms with Crippen molar-refractivity contribution in [2.24, 2.45) is 0 Å². The van der Waals surface area contributed by atoms with E-state index in [9.17, 15) is 9.59 Å². The molecular weight excluding hydrogens is 240 g/mol. The average molecular weight is 260 g/mol. The van der Waals surface area contributed by atoms with E-state index in [1.54, 1.807) is 7.05 Å². The third-order valence-corrected chi connectivity index (χ3v) is 2.83. The van der Waals surface area contributed by atoms with E-state index in [4.69, 9.17) is 14.9 Å². The first kappa shape index (κ1) is 14.7. The molecule has 1 rings (SSSR count). The average Bonchev–Trinajstić information content (AvgIpc) is 2.81. The molecule has 0 aromatic carbocycles. The molecule has 1 heterocycles. The fraction of sp³-hybridized carbons (Fsp3) is 0.818. The minimum absolute atomic E-state index is 0.00512. The molecular formula is C11H20N2O5. The molecule has 1 aliphatic heterocycles. The van der Waals surface area contributed by atoms with Gasteiger partial charge in [-0.15, -0.1) is 0 Å². The van der Waals surface area contributed by atoms with Crippen molar-refractivity contribution < 1.29 is 24.5 Å². The highest BCUT2D eigenvalue weighted by Crippen LogP contribution is 2.12. The highest BCUT2D eigenvalue weighted by Gasteiger charge is 2.20. The van der Waals surface area contributed by atoms with Crippen LogP contribution in [0.15, 0.2) is 0 Å². The van der Waals surface area contributed by atoms with Crippen LogP contribution in [0.3, 0.4) is 0 Å². The summed E-state index contributed by atoms with van der Waals surface area (Å²) in [6.07, 6.45) is 0.619. The Balaban J connectivity index is 2.16. The smallest absolute Gasteiger partial charge is 0.332 e. The van der Waals surface area contributed by atoms with Crippen LogP contribution in [0.4, 0.5) is 4.79 Å². The molecule has 7 nitrogen and oxygen atoms in total. The molecule has 1 saturated heterocycles. The van der Waals surface area contributed by atoms with Gasteiger partial charge in [0.15, 0.2) is 6.10 Å². The Hall–Kier alpha value is -1.34. The highest BCUT2D eigenvalue weighted by molar-refractivity contribution is 5.74. The predicted octanol–water partition coefficient (Wildman–Crippen LogP) is -0.358. The van der Waals surface area contributed by atoms with E-state index in [-0.39, 0.29) is 25.1 Å². The van der Waals surface area contributed by atoms with Gasteiger partial charge in [-0.2, -0.15) is 0 Å². The second-order valence-electron chi connectivity index (χ2n) is 4.39. The van der Waals surface area contributed by atoms with Crippen LogP contribution in [-0.4, -0.2) is 66.1 Å². The van der Waals surface area contributed by atoms with Crippen LogP contribution in [0.5, 0.6) is 0 Å². The van der Waals surface area contributed by atoms with Crippen molar-refractivity contribution in [1.29, 1.82) is 0 Å². The zero-order valence-electron chi connectivity index (χ0n) is 10.5. The molecule has 0 aliphatic carbocycles. The number of aliphatic hydroxyl groups is 1. The van der Waals surface area contributed by atoms with E-state index in [0.29, 0.717) is 6.54 Å². The number of carboxylic acid groups (broad SMARTS) is 1. The van der Waals surface area contributed by atoms with Gasteiger partial charge >= 0.3 is 12.0 Å². The number of carboxylic acids is 1. The Morgan fingerprint density at radius 1 is 1.56 bits per heavy atom. The highest BCUT2D eigenvalue weighted by atomic mass is 16.5. The van der Waals surface area contributed by atoms with E-state index in [1.165, 1.54) is 4.90 Å². The lowest BCUT2D eigenvalue weighted by Gasteiger charge is -2.21. The Morgan fingerprint density at radius 2 is 2.28 bits per heavy atom. The van der Waals surface area contributed by atoms with Gasteiger partial charge in [0, 0.05) is 33.2 Å². The van der Waals surface area contributed by atoms with Crippen LogP contribution in [0, 0.1) is 0 Å². The molecule has 1 fully saturated rings. The molecule has 2 atom stereocenters. The van der Waals surface area contributed by atoms with Gasteiger partial charge in [-0.05, 0) is 12.8 Å². The molecule has 1 aliphatic rings. The quantitative estimate of drug-likeness (QED) is 0.606. The van der Waals surface area contributed by atoms with Gasteiger partial charge < -0.3 is 25.2 Å². The number of carbonyl (C=O) groups excluding carboxylic acids is 1. The molecule has 1 unspecified atom stereocenters. The first-order valence-corrected chi connectivity index (χ1v) is 6.02. The molecule has 0 aromatic heterocycles. The Kier molecular flexibility index (Phi) is 5.87. The molecule has 104 valence electrons. The number of aliphatic hydroxyl groups excluding tert-OH is 1. The number of urea groups is 1. The number of rotatable bonds is 6. The van der Waals surface area contributed by atoms with Gasteiger partial charge in [0.1, 0.15) is 0 Å². The number of amides is 2. The standard InChI is InChI=1S/C11H20N2O5/c1-13(7-8-3-2-6-18-8)11(17)12-5-4-9(14)10(15)16/h8-9,14H,2-7H2,1H3,(H,12,17)(H,15,16)/t8?,9-/m0/s1. The van der Waals surface area contributed by atoms with E-state index in [1.807, 2.05) is 0 Å². The van der Waals surface area contributed by atoms with Crippen LogP contribution in [0.1, 0.15) is 19.3 Å². The molecule has 0 radical (unpaired) electrons. The van der Waals surface area contributed by atoms with E-state index >= 15 is 0 Å². The summed E-state index contributed by atoms with van der Waals surface area (Å²) >= 11 is 0. The minimum Gasteiger partial charge on any atom is -0.479 e. The normalized spacial score (nSPS) is 20.4. The SMILES string of the molecule is CN(CC1CCCO1)C(=O)NCC[C@H](O)C(=O)O. The second-order valence-corrected chi connectivity index (χ2v) is 4.39. The fourth-order valence-electron chi connectivity index (χ4n) is 1.75. The van der Waals surface area contributed by atoms with E-state index < -0.39 is 12.1 Å². The van der Waals surface area contributed by atoms with Crippen molar-refractivity contribution in [3.8, 4) is 0 Å². The van der Waals surface area contributed by atoms with Gasteiger partial charge in [0.25, 0.3) is 0 Å². The van der Waals surface area contributed by atoms with Gasteiger partial charge in [0.05, 0.1) is 6.10 Å². The van der Waals surface area contributed by atoms with Gasteiger partial charge in [0.2, 0.25) is 0 Å². The van der Waals surface area contributed by atoms with Crippen LogP contribution in [0.2, 0.25) is 0 Å². The summed E-state index contributed by atoms with van der Waals surface area (Å²) in [6, 6.07) is -0.289. The summed E-state index contributed by atoms with van der Waals surface area (Å²) in [6.45, 7) is 1.39. The van der Waals surface area contributed by atoms with Crippen molar-refractivity contribution in [3.05, 3.63) is 0 Å². The number of carbonyl (C=O) groups is 2. The Morgan fingerprint density at radius 3 is 2.83 bits per heavy atom. The fourth-order valence-corrected chi connectivity index (χ4v) is 1.75. The minimum atomic E-state index is -1.44. The Bertz CT molecular complexity index is 291. The molecule has 2 amide bonds. The maximum absolute atomic E-state index is 11.6. The molecule has 0 spiro atoms. The summed E-state index contributed by atoms with van der Waals surface area (Å²) < 4.78 is 5.41. The monoisotopic (exact) mass is 260 g/mol. The van der Waals surface area contributed by atoms with Crippen LogP contribution < -0.4 is 5.32 Å². The van der Waals surface area contributed by atoms with Crippen molar-refractivity contribution in [2.45, 2.75) is 31.5 Å². The Labute approximate surface area is 106 Å². The molecule has 3 N–H and O–H groups in total. The molecule has 0 saturated carbocycles. The number of hydrogen-bond acceptors (Lipinski definition) is 4. The lowest BCUT2D eigenvalue weighted by molar-refractivity contribution is -0.146. The largest absolute Gasteiger partial charge is 0.479 e. The molecule has 0 aromatic rings. The second kappa shape index (κ2) is 7.17. The first-order chi connectivity index (χ1) is 8.50. The van der Waals surface area contributed by atoms with Crippen molar-refractivity contribution >= 4 is 12.0 Å². The topological polar surface area (TPSA) is 99.1 Å². The van der Waals surface area contributed by atoms with Crippen molar-refractivity contribution in [1.82, 2.24) is 10.2 Å². The summed E-state index contributed by atoms with van der Waals surface area (Å²) in [5, 5.41) is 20.0. The van der Waals surface area contributed by atoms with Gasteiger partial charge in [-0.1, -0.05) is 0 Å². The van der Waals surface area contributed by atoms with E-state index in [2.05, 4.69) is 5.32 Å². The number of aliphatic carboxylic acids is 1. The molecule has 18 heavy (non-hydrogen) atoms. The summed E-state index contributed by atoms with van der Waals surface area (Å²) in [5.74, 6) is -1.28. The third-order valence-electron chi connectivity index (χ3n) is 2.83. The zero-order chi connectivity index (χ0) is 13.5. The predicted molar refractivity (Wildman–Crippen MR) is 63.3 cm³/mol. The van der Waals surface area contributed by atoms with Crippen LogP contribution >= 0.6 is 0 Å². The van der Waals surface area contributed by atoms with Crippen molar-refractivity contribution in [3.63, 3.8) is 0 Å². The van der Waals surface area contributed by atoms with Gasteiger partial charge in [-0.3, -0.25) is 0 Å². The number of ether oxygens (including phenoxy) is 1. The summed E-state index contributed by atoms with van der Waals surface area (Å²) in [5.41, 5.74) is 0. The summed E-state index contributed by atoms with van der Waals surface area (Å²) in [4.78, 5) is 23.5. The maximum Gasteiger partial charge on any atom is 0.332 e. The molecule has 0 bridgehead atoms. The molecule has 7 heteroatoms. The summed E-state index contributed by atoms with van der Waals surface area (Å²) in [7, 11) is 1.66. The van der Waals surface area contributed by atoms with Crippen LogP contribution in [-0.2, 0) is 9.53 Å². The number of likely N-dealkylation sites (N-methyl/N-ethyl adjacent to an activating group) is 1. The number of hydrogen-bond donors (Lipinski definition) is 3.